The van der Waals surface area contributed by atoms with Gasteiger partial charge in [-0.15, -0.1) is 11.8 Å². The third-order valence-corrected chi connectivity index (χ3v) is 6.42. The van der Waals surface area contributed by atoms with Crippen molar-refractivity contribution in [1.29, 1.82) is 0 Å². The van der Waals surface area contributed by atoms with Crippen molar-refractivity contribution >= 4 is 39.2 Å². The molecular formula is C26H24N3S+. The minimum absolute atomic E-state index is 1.09. The van der Waals surface area contributed by atoms with Crippen LogP contribution in [0.25, 0.3) is 32.8 Å². The molecule has 5 aromatic rings. The van der Waals surface area contributed by atoms with Crippen LogP contribution in [0.5, 0.6) is 0 Å². The molecule has 148 valence electrons. The first-order valence-corrected chi connectivity index (χ1v) is 11.3. The average Bonchev–Trinajstić information content (AvgIpc) is 3.26. The number of fused-ring (bicyclic) bond motifs is 3. The number of rotatable bonds is 4. The molecule has 0 saturated heterocycles. The number of nitrogens with zero attached hydrogens (tertiary/aromatic N) is 2. The molecule has 30 heavy (non-hydrogen) atoms. The van der Waals surface area contributed by atoms with E-state index in [4.69, 9.17) is 0 Å². The Balaban J connectivity index is 1.96. The normalized spacial score (nSPS) is 12.5. The van der Waals surface area contributed by atoms with Gasteiger partial charge in [-0.25, -0.2) is 4.57 Å². The number of benzene rings is 3. The van der Waals surface area contributed by atoms with Gasteiger partial charge in [-0.1, -0.05) is 60.7 Å². The van der Waals surface area contributed by atoms with Crippen LogP contribution in [0.2, 0.25) is 0 Å². The van der Waals surface area contributed by atoms with Crippen molar-refractivity contribution in [1.82, 2.24) is 4.40 Å². The van der Waals surface area contributed by atoms with Gasteiger partial charge >= 0.3 is 0 Å². The Labute approximate surface area is 180 Å². The fraction of sp³-hybridized carbons (Fsp3) is 0.115. The van der Waals surface area contributed by atoms with Crippen molar-refractivity contribution in [2.75, 3.05) is 11.6 Å². The Hall–Kier alpha value is -3.24. The summed E-state index contributed by atoms with van der Waals surface area (Å²) in [5.41, 5.74) is 8.54. The summed E-state index contributed by atoms with van der Waals surface area (Å²) < 4.78 is 4.71. The predicted octanol–water partition coefficient (Wildman–Crippen LogP) is 5.15. The van der Waals surface area contributed by atoms with Gasteiger partial charge in [0.25, 0.3) is 5.65 Å². The minimum atomic E-state index is 1.09. The number of aromatic nitrogens is 2. The minimum Gasteiger partial charge on any atom is -0.349 e. The van der Waals surface area contributed by atoms with Crippen LogP contribution in [0, 0.1) is 6.92 Å². The van der Waals surface area contributed by atoms with Crippen LogP contribution in [0.4, 0.5) is 5.69 Å². The van der Waals surface area contributed by atoms with E-state index in [0.717, 1.165) is 10.7 Å². The highest BCUT2D eigenvalue weighted by molar-refractivity contribution is 8.07. The SMILES string of the molecule is CS/C(Nc1ccccc1)=c1/c(-c2ccccc2)c(C)n2c3ccccc3[n+](C)c12. The van der Waals surface area contributed by atoms with Gasteiger partial charge in [0, 0.05) is 11.3 Å². The molecule has 0 unspecified atom stereocenters. The first-order valence-electron chi connectivity index (χ1n) is 10.1. The Morgan fingerprint density at radius 1 is 0.867 bits per heavy atom. The highest BCUT2D eigenvalue weighted by Crippen LogP contribution is 2.28. The predicted molar refractivity (Wildman–Crippen MR) is 128 cm³/mol. The van der Waals surface area contributed by atoms with E-state index in [1.54, 1.807) is 11.8 Å². The van der Waals surface area contributed by atoms with E-state index in [-0.39, 0.29) is 0 Å². The van der Waals surface area contributed by atoms with Gasteiger partial charge in [0.2, 0.25) is 0 Å². The third-order valence-electron chi connectivity index (χ3n) is 5.71. The fourth-order valence-corrected chi connectivity index (χ4v) is 5.00. The van der Waals surface area contributed by atoms with Crippen molar-refractivity contribution in [2.45, 2.75) is 6.92 Å². The van der Waals surface area contributed by atoms with Crippen molar-refractivity contribution in [3.8, 4) is 11.1 Å². The summed E-state index contributed by atoms with van der Waals surface area (Å²) >= 11 is 1.75. The summed E-state index contributed by atoms with van der Waals surface area (Å²) in [4.78, 5) is 0. The number of para-hydroxylation sites is 3. The zero-order valence-electron chi connectivity index (χ0n) is 17.4. The number of hydrogen-bond donors (Lipinski definition) is 1. The van der Waals surface area contributed by atoms with E-state index in [9.17, 15) is 0 Å². The Morgan fingerprint density at radius 2 is 1.50 bits per heavy atom. The van der Waals surface area contributed by atoms with Gasteiger partial charge in [0.1, 0.15) is 10.9 Å². The summed E-state index contributed by atoms with van der Waals surface area (Å²) in [6.07, 6.45) is 2.14. The van der Waals surface area contributed by atoms with Crippen LogP contribution in [-0.2, 0) is 7.05 Å². The lowest BCUT2D eigenvalue weighted by Gasteiger charge is -2.09. The number of anilines is 1. The molecule has 0 saturated carbocycles. The van der Waals surface area contributed by atoms with E-state index < -0.39 is 0 Å². The lowest BCUT2D eigenvalue weighted by molar-refractivity contribution is -0.618. The molecule has 0 fully saturated rings. The molecule has 2 aromatic heterocycles. The molecule has 0 aliphatic rings. The van der Waals surface area contributed by atoms with Crippen molar-refractivity contribution in [3.05, 3.63) is 95.8 Å². The fourth-order valence-electron chi connectivity index (χ4n) is 4.38. The second-order valence-electron chi connectivity index (χ2n) is 7.43. The second-order valence-corrected chi connectivity index (χ2v) is 8.25. The Kier molecular flexibility index (Phi) is 4.72. The molecule has 0 bridgehead atoms. The molecule has 3 nitrogen and oxygen atoms in total. The maximum absolute atomic E-state index is 3.69. The van der Waals surface area contributed by atoms with Crippen LogP contribution < -0.4 is 15.1 Å². The Bertz CT molecular complexity index is 1400. The van der Waals surface area contributed by atoms with Gasteiger partial charge in [0.05, 0.1) is 12.1 Å². The van der Waals surface area contributed by atoms with E-state index in [2.05, 4.69) is 113 Å². The summed E-state index contributed by atoms with van der Waals surface area (Å²) in [6.45, 7) is 2.23. The summed E-state index contributed by atoms with van der Waals surface area (Å²) in [5, 5.41) is 6.08. The largest absolute Gasteiger partial charge is 0.349 e. The quantitative estimate of drug-likeness (QED) is 0.414. The van der Waals surface area contributed by atoms with Crippen LogP contribution in [0.1, 0.15) is 5.69 Å². The number of imidazole rings is 1. The molecule has 0 aliphatic heterocycles. The lowest BCUT2D eigenvalue weighted by atomic mass is 10.0. The highest BCUT2D eigenvalue weighted by Gasteiger charge is 2.28. The van der Waals surface area contributed by atoms with Gasteiger partial charge in [-0.05, 0) is 43.0 Å². The molecule has 0 spiro atoms. The number of aryl methyl sites for hydroxylation is 2. The number of nitrogens with one attached hydrogen (secondary N) is 1. The smallest absolute Gasteiger partial charge is 0.298 e. The molecular weight excluding hydrogens is 386 g/mol. The number of hydrogen-bond acceptors (Lipinski definition) is 2. The van der Waals surface area contributed by atoms with Crippen molar-refractivity contribution < 1.29 is 4.57 Å². The topological polar surface area (TPSA) is 20.3 Å². The zero-order valence-corrected chi connectivity index (χ0v) is 18.2. The molecule has 0 atom stereocenters. The lowest BCUT2D eigenvalue weighted by Crippen LogP contribution is -2.32. The van der Waals surface area contributed by atoms with Crippen LogP contribution >= 0.6 is 11.8 Å². The molecule has 5 rings (SSSR count). The van der Waals surface area contributed by atoms with Crippen molar-refractivity contribution in [2.24, 2.45) is 7.05 Å². The summed E-state index contributed by atoms with van der Waals surface area (Å²) in [5.74, 6) is 0. The van der Waals surface area contributed by atoms with E-state index >= 15 is 0 Å². The van der Waals surface area contributed by atoms with Crippen LogP contribution in [-0.4, -0.2) is 10.7 Å². The molecule has 3 aromatic carbocycles. The maximum atomic E-state index is 3.69. The standard InChI is InChI=1S/C26H23N3S/c1-18-23(19-12-6-4-7-13-19)24(25(30-3)27-20-14-8-5-9-15-20)26-28(2)21-16-10-11-17-22(21)29(18)26/h4-17H,1-3H3/p+1. The van der Waals surface area contributed by atoms with Crippen LogP contribution in [0.15, 0.2) is 84.9 Å². The van der Waals surface area contributed by atoms with E-state index in [1.165, 1.54) is 38.7 Å². The molecule has 2 heterocycles. The van der Waals surface area contributed by atoms with Gasteiger partial charge < -0.3 is 5.32 Å². The third kappa shape index (κ3) is 2.87. The monoisotopic (exact) mass is 410 g/mol. The molecule has 4 heteroatoms. The second kappa shape index (κ2) is 7.54. The van der Waals surface area contributed by atoms with Gasteiger partial charge in [0.15, 0.2) is 11.0 Å². The first kappa shape index (κ1) is 18.8. The Morgan fingerprint density at radius 3 is 2.20 bits per heavy atom. The molecule has 0 radical (unpaired) electrons. The molecule has 0 amide bonds. The van der Waals surface area contributed by atoms with Gasteiger partial charge in [-0.2, -0.15) is 4.40 Å². The average molecular weight is 411 g/mol. The van der Waals surface area contributed by atoms with E-state index in [1.807, 2.05) is 6.07 Å². The zero-order chi connectivity index (χ0) is 20.7. The summed E-state index contributed by atoms with van der Waals surface area (Å²) in [6, 6.07) is 29.7. The van der Waals surface area contributed by atoms with E-state index in [0.29, 0.717) is 0 Å². The van der Waals surface area contributed by atoms with Gasteiger partial charge in [-0.3, -0.25) is 0 Å². The van der Waals surface area contributed by atoms with Crippen LogP contribution in [0.3, 0.4) is 0 Å². The summed E-state index contributed by atoms with van der Waals surface area (Å²) in [7, 11) is 2.16. The molecule has 1 N–H and O–H groups in total. The highest BCUT2D eigenvalue weighted by atomic mass is 32.2. The molecule has 0 aliphatic carbocycles. The number of thioether (sulfide) groups is 1. The first-order chi connectivity index (χ1) is 14.7. The maximum Gasteiger partial charge on any atom is 0.298 e. The van der Waals surface area contributed by atoms with Crippen molar-refractivity contribution in [3.63, 3.8) is 0 Å².